The zero-order chi connectivity index (χ0) is 21.5. The van der Waals surface area contributed by atoms with Gasteiger partial charge in [0, 0.05) is 11.6 Å². The largest absolute Gasteiger partial charge is 0.495 e. The van der Waals surface area contributed by atoms with Gasteiger partial charge < -0.3 is 19.9 Å². The molecule has 0 amide bonds. The second-order valence-corrected chi connectivity index (χ2v) is 7.01. The molecule has 0 unspecified atom stereocenters. The molecule has 0 aliphatic heterocycles. The van der Waals surface area contributed by atoms with E-state index < -0.39 is 0 Å². The van der Waals surface area contributed by atoms with Crippen molar-refractivity contribution in [2.75, 3.05) is 12.8 Å². The van der Waals surface area contributed by atoms with E-state index in [2.05, 4.69) is 4.98 Å². The van der Waals surface area contributed by atoms with E-state index in [1.54, 1.807) is 7.11 Å². The number of nitrogens with two attached hydrogens (primary N) is 1. The molecule has 2 N–H and O–H groups in total. The molecule has 31 heavy (non-hydrogen) atoms. The highest BCUT2D eigenvalue weighted by atomic mass is 16.5. The van der Waals surface area contributed by atoms with Crippen LogP contribution in [0.25, 0.3) is 11.1 Å². The Morgan fingerprint density at radius 2 is 1.39 bits per heavy atom. The fourth-order valence-electron chi connectivity index (χ4n) is 3.19. The quantitative estimate of drug-likeness (QED) is 0.387. The molecule has 0 bridgehead atoms. The zero-order valence-electron chi connectivity index (χ0n) is 17.3. The highest BCUT2D eigenvalue weighted by molar-refractivity contribution is 5.74. The van der Waals surface area contributed by atoms with Crippen molar-refractivity contribution in [3.63, 3.8) is 0 Å². The molecule has 1 heterocycles. The molecule has 0 atom stereocenters. The molecule has 156 valence electrons. The minimum atomic E-state index is 0.397. The molecule has 5 nitrogen and oxygen atoms in total. The molecule has 0 spiro atoms. The number of benzene rings is 3. The molecule has 0 aliphatic carbocycles. The predicted octanol–water partition coefficient (Wildman–Crippen LogP) is 5.50. The number of hydrogen-bond acceptors (Lipinski definition) is 5. The normalized spacial score (nSPS) is 10.5. The predicted molar refractivity (Wildman–Crippen MR) is 122 cm³/mol. The summed E-state index contributed by atoms with van der Waals surface area (Å²) in [6, 6.07) is 29.4. The monoisotopic (exact) mass is 412 g/mol. The van der Waals surface area contributed by atoms with E-state index in [1.165, 1.54) is 0 Å². The summed E-state index contributed by atoms with van der Waals surface area (Å²) in [5.41, 5.74) is 10.5. The maximum Gasteiger partial charge on any atom is 0.225 e. The van der Waals surface area contributed by atoms with Gasteiger partial charge in [-0.2, -0.15) is 4.98 Å². The van der Waals surface area contributed by atoms with Crippen LogP contribution < -0.4 is 19.9 Å². The first-order valence-electron chi connectivity index (χ1n) is 10.0. The SMILES string of the molecule is COc1ccc(-c2ccc(OCc3ccccc3)nc2OCc2ccccc2)cc1N. The summed E-state index contributed by atoms with van der Waals surface area (Å²) in [4.78, 5) is 4.63. The van der Waals surface area contributed by atoms with Crippen molar-refractivity contribution in [1.29, 1.82) is 0 Å². The van der Waals surface area contributed by atoms with Gasteiger partial charge in [-0.1, -0.05) is 66.7 Å². The molecule has 0 radical (unpaired) electrons. The third kappa shape index (κ3) is 5.14. The van der Waals surface area contributed by atoms with Crippen LogP contribution in [-0.2, 0) is 13.2 Å². The Bertz CT molecular complexity index is 1130. The number of nitrogens with zero attached hydrogens (tertiary/aromatic N) is 1. The molecule has 0 saturated heterocycles. The fourth-order valence-corrected chi connectivity index (χ4v) is 3.19. The Kier molecular flexibility index (Phi) is 6.33. The van der Waals surface area contributed by atoms with Crippen LogP contribution in [-0.4, -0.2) is 12.1 Å². The molecule has 5 heteroatoms. The summed E-state index contributed by atoms with van der Waals surface area (Å²) >= 11 is 0. The van der Waals surface area contributed by atoms with Gasteiger partial charge >= 0.3 is 0 Å². The number of ether oxygens (including phenoxy) is 3. The minimum Gasteiger partial charge on any atom is -0.495 e. The van der Waals surface area contributed by atoms with Crippen LogP contribution >= 0.6 is 0 Å². The van der Waals surface area contributed by atoms with Crippen molar-refractivity contribution in [3.8, 4) is 28.6 Å². The topological polar surface area (TPSA) is 66.6 Å². The van der Waals surface area contributed by atoms with E-state index in [-0.39, 0.29) is 0 Å². The number of rotatable bonds is 8. The van der Waals surface area contributed by atoms with Crippen LogP contribution in [0.2, 0.25) is 0 Å². The van der Waals surface area contributed by atoms with Gasteiger partial charge in [0.1, 0.15) is 19.0 Å². The van der Waals surface area contributed by atoms with Gasteiger partial charge in [0.15, 0.2) is 0 Å². The van der Waals surface area contributed by atoms with Crippen molar-refractivity contribution in [2.45, 2.75) is 13.2 Å². The number of methoxy groups -OCH3 is 1. The van der Waals surface area contributed by atoms with E-state index >= 15 is 0 Å². The number of aromatic nitrogens is 1. The van der Waals surface area contributed by atoms with Gasteiger partial charge in [0.05, 0.1) is 12.8 Å². The smallest absolute Gasteiger partial charge is 0.225 e. The molecule has 4 aromatic rings. The summed E-state index contributed by atoms with van der Waals surface area (Å²) in [6.07, 6.45) is 0. The van der Waals surface area contributed by atoms with Crippen LogP contribution in [0.15, 0.2) is 91.0 Å². The second-order valence-electron chi connectivity index (χ2n) is 7.01. The first-order valence-corrected chi connectivity index (χ1v) is 10.0. The number of anilines is 1. The Morgan fingerprint density at radius 3 is 2.00 bits per heavy atom. The lowest BCUT2D eigenvalue weighted by molar-refractivity contribution is 0.268. The number of pyridine rings is 1. The van der Waals surface area contributed by atoms with E-state index in [0.717, 1.165) is 22.3 Å². The molecule has 0 aliphatic rings. The maximum atomic E-state index is 6.12. The summed E-state index contributed by atoms with van der Waals surface area (Å²) in [5.74, 6) is 1.61. The Labute approximate surface area is 182 Å². The third-order valence-corrected chi connectivity index (χ3v) is 4.82. The van der Waals surface area contributed by atoms with Crippen LogP contribution in [0, 0.1) is 0 Å². The lowest BCUT2D eigenvalue weighted by atomic mass is 10.1. The first-order chi connectivity index (χ1) is 15.2. The summed E-state index contributed by atoms with van der Waals surface area (Å²) in [7, 11) is 1.60. The van der Waals surface area contributed by atoms with E-state index in [9.17, 15) is 0 Å². The first kappa shape index (κ1) is 20.3. The maximum absolute atomic E-state index is 6.12. The van der Waals surface area contributed by atoms with Crippen LogP contribution in [0.1, 0.15) is 11.1 Å². The van der Waals surface area contributed by atoms with Gasteiger partial charge in [0.25, 0.3) is 0 Å². The Hall–Kier alpha value is -3.99. The van der Waals surface area contributed by atoms with Crippen molar-refractivity contribution in [3.05, 3.63) is 102 Å². The van der Waals surface area contributed by atoms with Crippen LogP contribution in [0.4, 0.5) is 5.69 Å². The van der Waals surface area contributed by atoms with Gasteiger partial charge in [-0.15, -0.1) is 0 Å². The average molecular weight is 412 g/mol. The number of hydrogen-bond donors (Lipinski definition) is 1. The highest BCUT2D eigenvalue weighted by Gasteiger charge is 2.13. The lowest BCUT2D eigenvalue weighted by Crippen LogP contribution is -2.02. The molecular formula is C26H24N2O3. The Morgan fingerprint density at radius 1 is 0.742 bits per heavy atom. The molecule has 0 saturated carbocycles. The standard InChI is InChI=1S/C26H24N2O3/c1-29-24-14-12-21(16-23(24)27)22-13-15-25(30-17-19-8-4-2-5-9-19)28-26(22)31-18-20-10-6-3-7-11-20/h2-16H,17-18,27H2,1H3. The Balaban J connectivity index is 1.61. The molecule has 0 fully saturated rings. The molecule has 3 aromatic carbocycles. The van der Waals surface area contributed by atoms with Gasteiger partial charge in [-0.3, -0.25) is 0 Å². The van der Waals surface area contributed by atoms with Gasteiger partial charge in [-0.05, 0) is 34.9 Å². The van der Waals surface area contributed by atoms with Crippen molar-refractivity contribution >= 4 is 5.69 Å². The molecule has 4 rings (SSSR count). The zero-order valence-corrected chi connectivity index (χ0v) is 17.3. The summed E-state index contributed by atoms with van der Waals surface area (Å²) in [6.45, 7) is 0.829. The van der Waals surface area contributed by atoms with Crippen LogP contribution in [0.3, 0.4) is 0 Å². The van der Waals surface area contributed by atoms with E-state index in [1.807, 2.05) is 91.0 Å². The minimum absolute atomic E-state index is 0.397. The van der Waals surface area contributed by atoms with Crippen molar-refractivity contribution < 1.29 is 14.2 Å². The summed E-state index contributed by atoms with van der Waals surface area (Å²) in [5, 5.41) is 0. The van der Waals surface area contributed by atoms with Gasteiger partial charge in [-0.25, -0.2) is 0 Å². The van der Waals surface area contributed by atoms with Crippen molar-refractivity contribution in [2.24, 2.45) is 0 Å². The average Bonchev–Trinajstić information content (AvgIpc) is 2.83. The second kappa shape index (κ2) is 9.67. The van der Waals surface area contributed by atoms with E-state index in [0.29, 0.717) is 36.4 Å². The van der Waals surface area contributed by atoms with Crippen LogP contribution in [0.5, 0.6) is 17.5 Å². The molecular weight excluding hydrogens is 388 g/mol. The van der Waals surface area contributed by atoms with Crippen molar-refractivity contribution in [1.82, 2.24) is 4.98 Å². The van der Waals surface area contributed by atoms with E-state index in [4.69, 9.17) is 19.9 Å². The fraction of sp³-hybridized carbons (Fsp3) is 0.115. The number of nitrogen functional groups attached to an aromatic ring is 1. The lowest BCUT2D eigenvalue weighted by Gasteiger charge is -2.14. The highest BCUT2D eigenvalue weighted by Crippen LogP contribution is 2.34. The third-order valence-electron chi connectivity index (χ3n) is 4.82. The molecule has 1 aromatic heterocycles. The van der Waals surface area contributed by atoms with Gasteiger partial charge in [0.2, 0.25) is 11.8 Å². The summed E-state index contributed by atoms with van der Waals surface area (Å²) < 4.78 is 17.3.